The van der Waals surface area contributed by atoms with E-state index in [1.165, 1.54) is 68.1 Å². The fourth-order valence-corrected chi connectivity index (χ4v) is 12.6. The lowest BCUT2D eigenvalue weighted by molar-refractivity contribution is -0.222. The van der Waals surface area contributed by atoms with Crippen LogP contribution in [0.4, 0.5) is 0 Å². The second-order valence-electron chi connectivity index (χ2n) is 18.9. The minimum atomic E-state index is -0.730. The van der Waals surface area contributed by atoms with E-state index in [-0.39, 0.29) is 47.5 Å². The molecular formula is C59H68O10S3. The Morgan fingerprint density at radius 1 is 0.528 bits per heavy atom. The lowest BCUT2D eigenvalue weighted by Crippen LogP contribution is -2.52. The van der Waals surface area contributed by atoms with Crippen molar-refractivity contribution in [1.82, 2.24) is 0 Å². The minimum absolute atomic E-state index is 0.00172. The third-order valence-corrected chi connectivity index (χ3v) is 17.2. The number of carbonyl (C=O) groups is 3. The number of thiophene rings is 2. The Labute approximate surface area is 437 Å². The zero-order valence-electron chi connectivity index (χ0n) is 43.4. The van der Waals surface area contributed by atoms with Crippen molar-refractivity contribution in [2.75, 3.05) is 20.5 Å². The number of hydrogen-bond donors (Lipinski definition) is 0. The Morgan fingerprint density at radius 2 is 0.931 bits per heavy atom. The normalized spacial score (nSPS) is 23.8. The lowest BCUT2D eigenvalue weighted by atomic mass is 9.85. The van der Waals surface area contributed by atoms with Crippen LogP contribution in [-0.4, -0.2) is 74.2 Å². The first-order chi connectivity index (χ1) is 34.5. The summed E-state index contributed by atoms with van der Waals surface area (Å²) in [6, 6.07) is 37.8. The van der Waals surface area contributed by atoms with Crippen LogP contribution in [0.3, 0.4) is 0 Å². The topological polar surface area (TPSA) is 116 Å². The van der Waals surface area contributed by atoms with Crippen LogP contribution in [-0.2, 0) is 50.9 Å². The van der Waals surface area contributed by atoms with Crippen molar-refractivity contribution >= 4 is 52.3 Å². The fourth-order valence-electron chi connectivity index (χ4n) is 9.45. The highest BCUT2D eigenvalue weighted by atomic mass is 32.2. The van der Waals surface area contributed by atoms with Gasteiger partial charge in [-0.2, -0.15) is 11.8 Å². The zero-order valence-corrected chi connectivity index (χ0v) is 45.8. The molecule has 6 aromatic rings. The molecule has 8 rings (SSSR count). The average molecular weight is 1030 g/mol. The molecule has 0 N–H and O–H groups in total. The van der Waals surface area contributed by atoms with Crippen LogP contribution in [0.25, 0.3) is 20.9 Å². The quantitative estimate of drug-likeness (QED) is 0.0767. The van der Waals surface area contributed by atoms with Gasteiger partial charge < -0.3 is 33.2 Å². The molecule has 4 aromatic carbocycles. The summed E-state index contributed by atoms with van der Waals surface area (Å²) in [4.78, 5) is 40.7. The van der Waals surface area contributed by atoms with Gasteiger partial charge in [-0.3, -0.25) is 14.4 Å². The second-order valence-corrected chi connectivity index (χ2v) is 22.2. The first-order valence-electron chi connectivity index (χ1n) is 24.5. The molecule has 10 nitrogen and oxygen atoms in total. The Morgan fingerprint density at radius 3 is 1.36 bits per heavy atom. The van der Waals surface area contributed by atoms with Crippen LogP contribution >= 0.6 is 34.4 Å². The third kappa shape index (κ3) is 13.2. The molecule has 2 fully saturated rings. The summed E-state index contributed by atoms with van der Waals surface area (Å²) in [6.45, 7) is 16.6. The molecule has 2 aliphatic rings. The number of esters is 3. The van der Waals surface area contributed by atoms with Gasteiger partial charge in [-0.15, -0.1) is 22.7 Å². The Kier molecular flexibility index (Phi) is 18.5. The molecular weight excluding hydrogens is 965 g/mol. The summed E-state index contributed by atoms with van der Waals surface area (Å²) in [5.41, 5.74) is 9.30. The van der Waals surface area contributed by atoms with Gasteiger partial charge in [0.05, 0.1) is 37.8 Å². The largest absolute Gasteiger partial charge is 0.497 e. The molecule has 0 saturated carbocycles. The van der Waals surface area contributed by atoms with Crippen molar-refractivity contribution in [3.05, 3.63) is 152 Å². The summed E-state index contributed by atoms with van der Waals surface area (Å²) in [7, 11) is 3.35. The SMILES string of the molecule is COc1ccc(-c2ccc(Cc3cc(C4O[C@H](C)[C@@H](C)[C@H](OC(C)=O)[C@H]4OC(C)=O)ccc3C)s2)cc1.COc1ccc(-c2ccc(Cc3cc(C4O[C@H](C)[C@@H](C)[C@H](OC(C)=O)[C@H]4SC)ccc3C)s2)cc1. The molecule has 0 amide bonds. The van der Waals surface area contributed by atoms with Gasteiger partial charge in [0.15, 0.2) is 6.10 Å². The predicted octanol–water partition coefficient (Wildman–Crippen LogP) is 13.4. The monoisotopic (exact) mass is 1030 g/mol. The van der Waals surface area contributed by atoms with Gasteiger partial charge in [0.1, 0.15) is 29.8 Å². The highest BCUT2D eigenvalue weighted by molar-refractivity contribution is 7.99. The predicted molar refractivity (Wildman–Crippen MR) is 289 cm³/mol. The van der Waals surface area contributed by atoms with Gasteiger partial charge in [0.25, 0.3) is 0 Å². The van der Waals surface area contributed by atoms with E-state index in [0.717, 1.165) is 41.0 Å². The minimum Gasteiger partial charge on any atom is -0.497 e. The fraction of sp³-hybridized carbons (Fsp3) is 0.407. The molecule has 72 heavy (non-hydrogen) atoms. The van der Waals surface area contributed by atoms with E-state index in [1.54, 1.807) is 37.3 Å². The summed E-state index contributed by atoms with van der Waals surface area (Å²) in [5.74, 6) is 0.641. The molecule has 0 bridgehead atoms. The first-order valence-corrected chi connectivity index (χ1v) is 27.4. The highest BCUT2D eigenvalue weighted by Crippen LogP contribution is 2.44. The van der Waals surface area contributed by atoms with Crippen molar-refractivity contribution < 1.29 is 47.5 Å². The zero-order chi connectivity index (χ0) is 51.8. The van der Waals surface area contributed by atoms with Crippen molar-refractivity contribution in [3.63, 3.8) is 0 Å². The van der Waals surface area contributed by atoms with Gasteiger partial charge in [-0.05, 0) is 151 Å². The molecule has 4 heterocycles. The van der Waals surface area contributed by atoms with Crippen LogP contribution in [0.5, 0.6) is 11.5 Å². The maximum absolute atomic E-state index is 12.0. The number of carbonyl (C=O) groups excluding carboxylic acids is 3. The second kappa shape index (κ2) is 24.5. The molecule has 2 aromatic heterocycles. The van der Waals surface area contributed by atoms with Crippen molar-refractivity contribution in [2.24, 2.45) is 11.8 Å². The maximum Gasteiger partial charge on any atom is 0.303 e. The number of ether oxygens (including phenoxy) is 7. The standard InChI is InChI=1S/C30H34O6S.C29H34O4S2/c1-17-7-8-23(29-30(36-21(5)32)28(35-20(4)31)18(2)19(3)34-29)15-24(17)16-26-13-14-27(37-26)22-9-11-25(33-6)12-10-22;1-17-7-8-22(28-29(34-6)27(33-20(4)30)18(2)19(3)32-28)15-23(17)16-25-13-14-26(35-25)21-9-11-24(31-5)12-10-21/h7-15,18-19,28-30H,16H2,1-6H3;7-15,18-19,27-29H,16H2,1-6H3/t18-,19-,28+,29?,30-;18-,19-,27+,28?,29-/m11/s1. The van der Waals surface area contributed by atoms with Gasteiger partial charge >= 0.3 is 17.9 Å². The number of benzene rings is 4. The molecule has 13 heteroatoms. The number of hydrogen-bond acceptors (Lipinski definition) is 13. The van der Waals surface area contributed by atoms with E-state index < -0.39 is 30.3 Å². The third-order valence-electron chi connectivity index (χ3n) is 13.9. The average Bonchev–Trinajstić information content (AvgIpc) is 4.04. The van der Waals surface area contributed by atoms with Gasteiger partial charge in [0, 0.05) is 65.0 Å². The molecule has 2 aliphatic heterocycles. The lowest BCUT2D eigenvalue weighted by Gasteiger charge is -2.44. The number of rotatable bonds is 14. The van der Waals surface area contributed by atoms with Gasteiger partial charge in [0.2, 0.25) is 0 Å². The summed E-state index contributed by atoms with van der Waals surface area (Å²) in [6.07, 6.45) is 1.36. The molecule has 2 saturated heterocycles. The van der Waals surface area contributed by atoms with Gasteiger partial charge in [-0.1, -0.05) is 50.2 Å². The Hall–Kier alpha value is -5.44. The van der Waals surface area contributed by atoms with Crippen molar-refractivity contribution in [2.45, 2.75) is 123 Å². The van der Waals surface area contributed by atoms with Crippen LogP contribution in [0.1, 0.15) is 104 Å². The van der Waals surface area contributed by atoms with Crippen molar-refractivity contribution in [3.8, 4) is 32.4 Å². The van der Waals surface area contributed by atoms with E-state index in [9.17, 15) is 14.4 Å². The van der Waals surface area contributed by atoms with E-state index in [0.29, 0.717) is 0 Å². The number of thioether (sulfide) groups is 1. The molecule has 2 unspecified atom stereocenters. The van der Waals surface area contributed by atoms with E-state index in [2.05, 4.69) is 113 Å². The van der Waals surface area contributed by atoms with Gasteiger partial charge in [-0.25, -0.2) is 0 Å². The summed E-state index contributed by atoms with van der Waals surface area (Å²) < 4.78 is 40.6. The summed E-state index contributed by atoms with van der Waals surface area (Å²) >= 11 is 5.30. The van der Waals surface area contributed by atoms with Crippen LogP contribution in [0.15, 0.2) is 109 Å². The highest BCUT2D eigenvalue weighted by Gasteiger charge is 2.47. The van der Waals surface area contributed by atoms with E-state index >= 15 is 0 Å². The van der Waals surface area contributed by atoms with Crippen molar-refractivity contribution in [1.29, 1.82) is 0 Å². The maximum atomic E-state index is 12.0. The smallest absolute Gasteiger partial charge is 0.303 e. The van der Waals surface area contributed by atoms with E-state index in [4.69, 9.17) is 33.2 Å². The molecule has 0 radical (unpaired) electrons. The van der Waals surface area contributed by atoms with E-state index in [1.807, 2.05) is 55.5 Å². The van der Waals surface area contributed by atoms with Crippen LogP contribution in [0.2, 0.25) is 0 Å². The number of methoxy groups -OCH3 is 2. The number of aryl methyl sites for hydroxylation is 2. The Balaban J connectivity index is 0.000000212. The first kappa shape index (κ1) is 54.3. The Bertz CT molecular complexity index is 2780. The van der Waals surface area contributed by atoms with Crippen LogP contribution in [0, 0.1) is 25.7 Å². The molecule has 0 aliphatic carbocycles. The van der Waals surface area contributed by atoms with Crippen LogP contribution < -0.4 is 9.47 Å². The molecule has 382 valence electrons. The molecule has 10 atom stereocenters. The molecule has 0 spiro atoms. The summed E-state index contributed by atoms with van der Waals surface area (Å²) in [5, 5.41) is 0.0454.